The highest BCUT2D eigenvalue weighted by molar-refractivity contribution is 5.81. The highest BCUT2D eigenvalue weighted by Crippen LogP contribution is 2.12. The summed E-state index contributed by atoms with van der Waals surface area (Å²) in [5.74, 6) is 0.234. The van der Waals surface area contributed by atoms with E-state index >= 15 is 0 Å². The summed E-state index contributed by atoms with van der Waals surface area (Å²) in [5, 5.41) is 0. The van der Waals surface area contributed by atoms with Crippen LogP contribution in [0.3, 0.4) is 0 Å². The molecule has 0 amide bonds. The van der Waals surface area contributed by atoms with Crippen molar-refractivity contribution >= 4 is 5.97 Å². The average Bonchev–Trinajstić information content (AvgIpc) is 3.20. The van der Waals surface area contributed by atoms with Gasteiger partial charge in [0.05, 0.1) is 6.61 Å². The van der Waals surface area contributed by atoms with Crippen LogP contribution < -0.4 is 0 Å². The summed E-state index contributed by atoms with van der Waals surface area (Å²) in [5.41, 5.74) is 0.899. The second kappa shape index (κ2) is 7.50. The van der Waals surface area contributed by atoms with Crippen LogP contribution in [0.5, 0.6) is 0 Å². The van der Waals surface area contributed by atoms with Crippen LogP contribution in [0.2, 0.25) is 0 Å². The van der Waals surface area contributed by atoms with E-state index in [1.807, 2.05) is 13.0 Å². The Morgan fingerprint density at radius 3 is 2.61 bits per heavy atom. The number of epoxide rings is 1. The van der Waals surface area contributed by atoms with Gasteiger partial charge in [0.15, 0.2) is 0 Å². The Morgan fingerprint density at radius 1 is 1.33 bits per heavy atom. The van der Waals surface area contributed by atoms with Crippen LogP contribution in [0.1, 0.15) is 6.92 Å². The molecule has 1 atom stereocenters. The van der Waals surface area contributed by atoms with Crippen molar-refractivity contribution < 1.29 is 19.0 Å². The van der Waals surface area contributed by atoms with Gasteiger partial charge in [0.2, 0.25) is 0 Å². The lowest BCUT2D eigenvalue weighted by Gasteiger charge is -2.04. The summed E-state index contributed by atoms with van der Waals surface area (Å²) < 4.78 is 15.4. The summed E-state index contributed by atoms with van der Waals surface area (Å²) in [7, 11) is 0. The molecular formula is C14H18O4. The maximum atomic E-state index is 10.9. The number of carbonyl (C=O) groups excluding carboxylic acids is 1. The van der Waals surface area contributed by atoms with E-state index in [0.29, 0.717) is 12.4 Å². The molecule has 1 fully saturated rings. The Balaban J connectivity index is 2.37. The lowest BCUT2D eigenvalue weighted by atomic mass is 10.3. The SMILES string of the molecule is C=CC(=O)OC/C(C)=C/C=C(\C=C)OCC1CO1. The minimum atomic E-state index is -0.433. The van der Waals surface area contributed by atoms with E-state index < -0.39 is 5.97 Å². The Bertz CT molecular complexity index is 375. The van der Waals surface area contributed by atoms with Crippen molar-refractivity contribution in [2.24, 2.45) is 0 Å². The molecule has 18 heavy (non-hydrogen) atoms. The van der Waals surface area contributed by atoms with E-state index in [4.69, 9.17) is 14.2 Å². The van der Waals surface area contributed by atoms with Gasteiger partial charge in [0.1, 0.15) is 25.1 Å². The third-order valence-electron chi connectivity index (χ3n) is 2.18. The molecule has 0 aromatic carbocycles. The number of allylic oxidation sites excluding steroid dienone is 3. The highest BCUT2D eigenvalue weighted by Gasteiger charge is 2.22. The lowest BCUT2D eigenvalue weighted by molar-refractivity contribution is -0.136. The fourth-order valence-electron chi connectivity index (χ4n) is 1.04. The van der Waals surface area contributed by atoms with Gasteiger partial charge in [0.25, 0.3) is 0 Å². The van der Waals surface area contributed by atoms with Crippen LogP contribution in [0.15, 0.2) is 48.8 Å². The molecule has 4 nitrogen and oxygen atoms in total. The van der Waals surface area contributed by atoms with Crippen molar-refractivity contribution in [1.29, 1.82) is 0 Å². The van der Waals surface area contributed by atoms with Gasteiger partial charge in [-0.15, -0.1) is 0 Å². The van der Waals surface area contributed by atoms with Crippen molar-refractivity contribution in [3.8, 4) is 0 Å². The predicted octanol–water partition coefficient (Wildman–Crippen LogP) is 2.15. The molecule has 1 rings (SSSR count). The van der Waals surface area contributed by atoms with E-state index in [1.165, 1.54) is 0 Å². The normalized spacial score (nSPS) is 19.1. The first-order chi connectivity index (χ1) is 8.65. The molecule has 98 valence electrons. The van der Waals surface area contributed by atoms with E-state index in [2.05, 4.69) is 13.2 Å². The molecule has 1 aliphatic heterocycles. The minimum Gasteiger partial charge on any atom is -0.491 e. The quantitative estimate of drug-likeness (QED) is 0.218. The van der Waals surface area contributed by atoms with Crippen LogP contribution >= 0.6 is 0 Å². The number of rotatable bonds is 8. The van der Waals surface area contributed by atoms with Crippen LogP contribution in [0.25, 0.3) is 0 Å². The Labute approximate surface area is 107 Å². The first-order valence-corrected chi connectivity index (χ1v) is 5.69. The Kier molecular flexibility index (Phi) is 5.94. The smallest absolute Gasteiger partial charge is 0.330 e. The van der Waals surface area contributed by atoms with Crippen molar-refractivity contribution in [3.63, 3.8) is 0 Å². The van der Waals surface area contributed by atoms with Crippen molar-refractivity contribution in [2.45, 2.75) is 13.0 Å². The van der Waals surface area contributed by atoms with Gasteiger partial charge >= 0.3 is 5.97 Å². The zero-order valence-corrected chi connectivity index (χ0v) is 10.6. The van der Waals surface area contributed by atoms with Crippen molar-refractivity contribution in [3.05, 3.63) is 48.8 Å². The molecule has 1 heterocycles. The van der Waals surface area contributed by atoms with Gasteiger partial charge in [0, 0.05) is 6.08 Å². The van der Waals surface area contributed by atoms with E-state index in [1.54, 1.807) is 12.2 Å². The molecule has 0 aliphatic carbocycles. The summed E-state index contributed by atoms with van der Waals surface area (Å²) in [6.45, 7) is 10.4. The Hall–Kier alpha value is -1.81. The van der Waals surface area contributed by atoms with Crippen LogP contribution in [-0.4, -0.2) is 31.9 Å². The Morgan fingerprint density at radius 2 is 2.06 bits per heavy atom. The molecule has 1 unspecified atom stereocenters. The molecule has 0 radical (unpaired) electrons. The van der Waals surface area contributed by atoms with Crippen LogP contribution in [0, 0.1) is 0 Å². The summed E-state index contributed by atoms with van der Waals surface area (Å²) >= 11 is 0. The molecule has 1 saturated heterocycles. The maximum Gasteiger partial charge on any atom is 0.330 e. The number of esters is 1. The average molecular weight is 250 g/mol. The van der Waals surface area contributed by atoms with Gasteiger partial charge in [-0.25, -0.2) is 4.79 Å². The second-order valence-electron chi connectivity index (χ2n) is 3.86. The molecule has 0 spiro atoms. The molecule has 0 saturated carbocycles. The topological polar surface area (TPSA) is 48.1 Å². The standard InChI is InChI=1S/C14H18O4/c1-4-12(16-9-13-10-17-13)7-6-11(3)8-18-14(15)5-2/h4-7,13H,1-2,8-10H2,3H3/b11-6+,12-7+. The van der Waals surface area contributed by atoms with Crippen LogP contribution in [0.4, 0.5) is 0 Å². The van der Waals surface area contributed by atoms with Gasteiger partial charge < -0.3 is 14.2 Å². The van der Waals surface area contributed by atoms with Gasteiger partial charge in [-0.2, -0.15) is 0 Å². The number of carbonyl (C=O) groups is 1. The summed E-state index contributed by atoms with van der Waals surface area (Å²) in [4.78, 5) is 10.9. The highest BCUT2D eigenvalue weighted by atomic mass is 16.6. The molecule has 0 aromatic heterocycles. The van der Waals surface area contributed by atoms with Crippen molar-refractivity contribution in [1.82, 2.24) is 0 Å². The molecule has 4 heteroatoms. The van der Waals surface area contributed by atoms with Gasteiger partial charge in [-0.1, -0.05) is 19.2 Å². The maximum absolute atomic E-state index is 10.9. The largest absolute Gasteiger partial charge is 0.491 e. The summed E-state index contributed by atoms with van der Waals surface area (Å²) in [6, 6.07) is 0. The van der Waals surface area contributed by atoms with Crippen molar-refractivity contribution in [2.75, 3.05) is 19.8 Å². The second-order valence-corrected chi connectivity index (χ2v) is 3.86. The molecular weight excluding hydrogens is 232 g/mol. The molecule has 0 bridgehead atoms. The zero-order valence-electron chi connectivity index (χ0n) is 10.6. The zero-order chi connectivity index (χ0) is 13.4. The lowest BCUT2D eigenvalue weighted by Crippen LogP contribution is -2.02. The van der Waals surface area contributed by atoms with Gasteiger partial charge in [-0.05, 0) is 24.6 Å². The molecule has 1 aliphatic rings. The van der Waals surface area contributed by atoms with Gasteiger partial charge in [-0.3, -0.25) is 0 Å². The number of hydrogen-bond donors (Lipinski definition) is 0. The fraction of sp³-hybridized carbons (Fsp3) is 0.357. The third kappa shape index (κ3) is 6.06. The van der Waals surface area contributed by atoms with E-state index in [-0.39, 0.29) is 12.7 Å². The van der Waals surface area contributed by atoms with E-state index in [9.17, 15) is 4.79 Å². The fourth-order valence-corrected chi connectivity index (χ4v) is 1.04. The first-order valence-electron chi connectivity index (χ1n) is 5.69. The minimum absolute atomic E-state index is 0.215. The summed E-state index contributed by atoms with van der Waals surface area (Å²) in [6.07, 6.45) is 6.58. The number of hydrogen-bond acceptors (Lipinski definition) is 4. The molecule has 0 N–H and O–H groups in total. The van der Waals surface area contributed by atoms with Crippen LogP contribution in [-0.2, 0) is 19.0 Å². The predicted molar refractivity (Wildman–Crippen MR) is 68.9 cm³/mol. The first kappa shape index (κ1) is 14.3. The van der Waals surface area contributed by atoms with E-state index in [0.717, 1.165) is 18.3 Å². The number of ether oxygens (including phenoxy) is 3. The monoisotopic (exact) mass is 250 g/mol. The third-order valence-corrected chi connectivity index (χ3v) is 2.18. The molecule has 0 aromatic rings.